The van der Waals surface area contributed by atoms with Crippen LogP contribution in [0.1, 0.15) is 27.0 Å². The van der Waals surface area contributed by atoms with Gasteiger partial charge in [0.1, 0.15) is 12.6 Å². The van der Waals surface area contributed by atoms with Crippen LogP contribution in [0.3, 0.4) is 0 Å². The van der Waals surface area contributed by atoms with Crippen molar-refractivity contribution >= 4 is 38.5 Å². The molecular formula is C32H29N3O5S. The number of aromatic amines is 1. The van der Waals surface area contributed by atoms with Crippen LogP contribution in [0.25, 0.3) is 10.9 Å². The topological polar surface area (TPSA) is 117 Å². The van der Waals surface area contributed by atoms with Crippen LogP contribution in [0.15, 0.2) is 114 Å². The molecule has 1 aromatic heterocycles. The lowest BCUT2D eigenvalue weighted by Crippen LogP contribution is -2.43. The van der Waals surface area contributed by atoms with Crippen molar-refractivity contribution in [2.75, 3.05) is 5.32 Å². The van der Waals surface area contributed by atoms with Crippen LogP contribution in [-0.4, -0.2) is 31.3 Å². The van der Waals surface area contributed by atoms with E-state index in [9.17, 15) is 18.0 Å². The summed E-state index contributed by atoms with van der Waals surface area (Å²) in [6.45, 7) is 1.95. The Kier molecular flexibility index (Phi) is 8.28. The van der Waals surface area contributed by atoms with E-state index < -0.39 is 22.0 Å². The molecule has 208 valence electrons. The van der Waals surface area contributed by atoms with Gasteiger partial charge in [-0.3, -0.25) is 9.59 Å². The Morgan fingerprint density at radius 3 is 2.27 bits per heavy atom. The molecule has 1 atom stereocenters. The first kappa shape index (κ1) is 27.8. The second kappa shape index (κ2) is 12.2. The molecule has 41 heavy (non-hydrogen) atoms. The van der Waals surface area contributed by atoms with Crippen LogP contribution in [0.5, 0.6) is 0 Å². The number of esters is 1. The molecule has 0 fully saturated rings. The molecule has 0 saturated heterocycles. The van der Waals surface area contributed by atoms with Crippen molar-refractivity contribution in [3.63, 3.8) is 0 Å². The molecule has 8 nitrogen and oxygen atoms in total. The summed E-state index contributed by atoms with van der Waals surface area (Å²) in [7, 11) is -4.12. The summed E-state index contributed by atoms with van der Waals surface area (Å²) in [5, 5.41) is 3.65. The number of nitrogens with one attached hydrogen (secondary N) is 3. The van der Waals surface area contributed by atoms with Gasteiger partial charge in [-0.25, -0.2) is 8.42 Å². The van der Waals surface area contributed by atoms with Crippen LogP contribution in [-0.2, 0) is 32.6 Å². The number of H-pyrrole nitrogens is 1. The summed E-state index contributed by atoms with van der Waals surface area (Å²) in [5.74, 6) is -0.997. The molecule has 1 heterocycles. The molecule has 3 N–H and O–H groups in total. The van der Waals surface area contributed by atoms with Gasteiger partial charge in [-0.05, 0) is 60.5 Å². The Morgan fingerprint density at radius 2 is 1.54 bits per heavy atom. The first-order chi connectivity index (χ1) is 19.8. The van der Waals surface area contributed by atoms with Crippen molar-refractivity contribution in [3.8, 4) is 0 Å². The predicted molar refractivity (Wildman–Crippen MR) is 158 cm³/mol. The van der Waals surface area contributed by atoms with Gasteiger partial charge in [0, 0.05) is 34.8 Å². The average Bonchev–Trinajstić information content (AvgIpc) is 3.39. The molecule has 5 aromatic rings. The fourth-order valence-corrected chi connectivity index (χ4v) is 5.59. The fraction of sp³-hybridized carbons (Fsp3) is 0.125. The van der Waals surface area contributed by atoms with E-state index in [1.54, 1.807) is 18.3 Å². The summed E-state index contributed by atoms with van der Waals surface area (Å²) in [6, 6.07) is 28.5. The molecule has 4 aromatic carbocycles. The first-order valence-electron chi connectivity index (χ1n) is 13.0. The maximum absolute atomic E-state index is 13.4. The van der Waals surface area contributed by atoms with Gasteiger partial charge < -0.3 is 15.0 Å². The van der Waals surface area contributed by atoms with Crippen molar-refractivity contribution in [1.29, 1.82) is 0 Å². The monoisotopic (exact) mass is 567 g/mol. The number of anilines is 1. The largest absolute Gasteiger partial charge is 0.460 e. The summed E-state index contributed by atoms with van der Waals surface area (Å²) in [6.07, 6.45) is 1.85. The van der Waals surface area contributed by atoms with Crippen LogP contribution in [0, 0.1) is 6.92 Å². The molecule has 5 rings (SSSR count). The van der Waals surface area contributed by atoms with E-state index in [2.05, 4.69) is 15.0 Å². The first-order valence-corrected chi connectivity index (χ1v) is 14.5. The lowest BCUT2D eigenvalue weighted by atomic mass is 10.1. The number of para-hydroxylation sites is 1. The summed E-state index contributed by atoms with van der Waals surface area (Å²) in [4.78, 5) is 28.9. The molecule has 0 spiro atoms. The Labute approximate surface area is 238 Å². The second-order valence-electron chi connectivity index (χ2n) is 9.68. The Hall–Kier alpha value is -4.73. The van der Waals surface area contributed by atoms with Gasteiger partial charge in [0.05, 0.1) is 4.90 Å². The maximum Gasteiger partial charge on any atom is 0.324 e. The second-order valence-corrected chi connectivity index (χ2v) is 11.4. The number of hydrogen-bond donors (Lipinski definition) is 3. The Bertz CT molecular complexity index is 1760. The third kappa shape index (κ3) is 6.89. The molecule has 9 heteroatoms. The van der Waals surface area contributed by atoms with E-state index >= 15 is 0 Å². The van der Waals surface area contributed by atoms with Crippen molar-refractivity contribution in [2.24, 2.45) is 0 Å². The van der Waals surface area contributed by atoms with Crippen molar-refractivity contribution in [1.82, 2.24) is 9.71 Å². The predicted octanol–water partition coefficient (Wildman–Crippen LogP) is 5.36. The minimum Gasteiger partial charge on any atom is -0.460 e. The highest BCUT2D eigenvalue weighted by Crippen LogP contribution is 2.21. The SMILES string of the molecule is Cc1ccc(C(=O)Nc2ccc(S(=O)(=O)N[C@H](Cc3c[nH]c4ccccc34)C(=O)OCc3ccccc3)cc2)cc1. The summed E-state index contributed by atoms with van der Waals surface area (Å²) in [5.41, 5.74) is 4.41. The van der Waals surface area contributed by atoms with Gasteiger partial charge in [0.2, 0.25) is 10.0 Å². The highest BCUT2D eigenvalue weighted by atomic mass is 32.2. The zero-order valence-electron chi connectivity index (χ0n) is 22.3. The van der Waals surface area contributed by atoms with E-state index in [1.165, 1.54) is 24.3 Å². The lowest BCUT2D eigenvalue weighted by molar-refractivity contribution is -0.147. The number of carbonyl (C=O) groups excluding carboxylic acids is 2. The zero-order valence-corrected chi connectivity index (χ0v) is 23.1. The molecule has 0 aliphatic heterocycles. The van der Waals surface area contributed by atoms with Gasteiger partial charge in [-0.1, -0.05) is 66.2 Å². The Morgan fingerprint density at radius 1 is 0.854 bits per heavy atom. The molecule has 0 aliphatic rings. The number of amides is 1. The molecule has 1 amide bonds. The van der Waals surface area contributed by atoms with Gasteiger partial charge >= 0.3 is 5.97 Å². The number of rotatable bonds is 10. The number of ether oxygens (including phenoxy) is 1. The van der Waals surface area contributed by atoms with Gasteiger partial charge in [0.15, 0.2) is 0 Å². The quantitative estimate of drug-likeness (QED) is 0.196. The number of carbonyl (C=O) groups is 2. The number of aromatic nitrogens is 1. The van der Waals surface area contributed by atoms with Gasteiger partial charge in [-0.15, -0.1) is 0 Å². The average molecular weight is 568 g/mol. The van der Waals surface area contributed by atoms with Crippen molar-refractivity contribution < 1.29 is 22.7 Å². The van der Waals surface area contributed by atoms with E-state index in [4.69, 9.17) is 4.74 Å². The highest BCUT2D eigenvalue weighted by Gasteiger charge is 2.28. The summed E-state index contributed by atoms with van der Waals surface area (Å²) >= 11 is 0. The number of fused-ring (bicyclic) bond motifs is 1. The van der Waals surface area contributed by atoms with E-state index in [-0.39, 0.29) is 23.8 Å². The summed E-state index contributed by atoms with van der Waals surface area (Å²) < 4.78 is 34.8. The van der Waals surface area contributed by atoms with Crippen LogP contribution in [0.2, 0.25) is 0 Å². The number of hydrogen-bond acceptors (Lipinski definition) is 5. The maximum atomic E-state index is 13.4. The third-order valence-corrected chi connectivity index (χ3v) is 8.13. The van der Waals surface area contributed by atoms with Gasteiger partial charge in [0.25, 0.3) is 5.91 Å². The third-order valence-electron chi connectivity index (χ3n) is 6.64. The molecule has 0 saturated carbocycles. The lowest BCUT2D eigenvalue weighted by Gasteiger charge is -2.18. The smallest absolute Gasteiger partial charge is 0.324 e. The fourth-order valence-electron chi connectivity index (χ4n) is 4.40. The van der Waals surface area contributed by atoms with Crippen LogP contribution in [0.4, 0.5) is 5.69 Å². The normalized spacial score (nSPS) is 12.1. The van der Waals surface area contributed by atoms with Crippen LogP contribution < -0.4 is 10.0 Å². The molecular weight excluding hydrogens is 538 g/mol. The number of sulfonamides is 1. The minimum absolute atomic E-state index is 0.0150. The molecule has 0 bridgehead atoms. The van der Waals surface area contributed by atoms with Crippen molar-refractivity contribution in [2.45, 2.75) is 30.9 Å². The van der Waals surface area contributed by atoms with Gasteiger partial charge in [-0.2, -0.15) is 4.72 Å². The number of aryl methyl sites for hydroxylation is 1. The van der Waals surface area contributed by atoms with E-state index in [1.807, 2.05) is 73.7 Å². The van der Waals surface area contributed by atoms with Crippen molar-refractivity contribution in [3.05, 3.63) is 132 Å². The van der Waals surface area contributed by atoms with Crippen LogP contribution >= 0.6 is 0 Å². The zero-order chi connectivity index (χ0) is 28.8. The molecule has 0 unspecified atom stereocenters. The Balaban J connectivity index is 1.33. The van der Waals surface area contributed by atoms with E-state index in [0.717, 1.165) is 27.6 Å². The minimum atomic E-state index is -4.12. The highest BCUT2D eigenvalue weighted by molar-refractivity contribution is 7.89. The standard InChI is InChI=1S/C32H29N3O5S/c1-22-11-13-24(14-12-22)31(36)34-26-15-17-27(18-16-26)41(38,39)35-30(32(37)40-21-23-7-3-2-4-8-23)19-25-20-33-29-10-6-5-9-28(25)29/h2-18,20,30,33,35H,19,21H2,1H3,(H,34,36)/t30-/m1/s1. The molecule has 0 aliphatic carbocycles. The van der Waals surface area contributed by atoms with E-state index in [0.29, 0.717) is 11.3 Å². The molecule has 0 radical (unpaired) electrons. The number of benzene rings is 4.